The van der Waals surface area contributed by atoms with Crippen molar-refractivity contribution in [1.29, 1.82) is 0 Å². The molecule has 6 nitrogen and oxygen atoms in total. The van der Waals surface area contributed by atoms with Gasteiger partial charge in [0.05, 0.1) is 6.54 Å². The van der Waals surface area contributed by atoms with E-state index in [1.165, 1.54) is 18.5 Å². The molecule has 4 rings (SSSR count). The van der Waals surface area contributed by atoms with Gasteiger partial charge in [0.15, 0.2) is 0 Å². The SMILES string of the molecule is O=C(CNC(=O)N1CCN(c2ccccc2)CC1)NC[C@@H]1C[C@@H]2C=C[C@H]1C2. The molecule has 3 aliphatic rings. The van der Waals surface area contributed by atoms with Gasteiger partial charge >= 0.3 is 6.03 Å². The second kappa shape index (κ2) is 8.03. The van der Waals surface area contributed by atoms with Crippen LogP contribution in [0.5, 0.6) is 0 Å². The van der Waals surface area contributed by atoms with Crippen LogP contribution in [-0.4, -0.2) is 56.1 Å². The number of fused-ring (bicyclic) bond motifs is 2. The van der Waals surface area contributed by atoms with Crippen molar-refractivity contribution in [3.8, 4) is 0 Å². The van der Waals surface area contributed by atoms with Gasteiger partial charge in [-0.05, 0) is 42.7 Å². The zero-order valence-corrected chi connectivity index (χ0v) is 15.6. The van der Waals surface area contributed by atoms with Crippen molar-refractivity contribution in [3.05, 3.63) is 42.5 Å². The van der Waals surface area contributed by atoms with E-state index in [9.17, 15) is 9.59 Å². The van der Waals surface area contributed by atoms with E-state index in [-0.39, 0.29) is 18.5 Å². The molecule has 3 amide bonds. The first-order chi connectivity index (χ1) is 13.2. The zero-order chi connectivity index (χ0) is 18.6. The van der Waals surface area contributed by atoms with Gasteiger partial charge in [-0.3, -0.25) is 4.79 Å². The maximum Gasteiger partial charge on any atom is 0.317 e. The van der Waals surface area contributed by atoms with E-state index < -0.39 is 0 Å². The highest BCUT2D eigenvalue weighted by atomic mass is 16.2. The molecular formula is C21H28N4O2. The summed E-state index contributed by atoms with van der Waals surface area (Å²) < 4.78 is 0. The molecule has 3 atom stereocenters. The third-order valence-corrected chi connectivity index (χ3v) is 6.07. The molecule has 1 heterocycles. The van der Waals surface area contributed by atoms with Gasteiger partial charge in [0.25, 0.3) is 0 Å². The number of hydrogen-bond acceptors (Lipinski definition) is 3. The first-order valence-corrected chi connectivity index (χ1v) is 9.97. The van der Waals surface area contributed by atoms with Gasteiger partial charge < -0.3 is 20.4 Å². The summed E-state index contributed by atoms with van der Waals surface area (Å²) in [5, 5.41) is 5.74. The summed E-state index contributed by atoms with van der Waals surface area (Å²) in [7, 11) is 0. The lowest BCUT2D eigenvalue weighted by atomic mass is 9.94. The molecule has 2 bridgehead atoms. The maximum atomic E-state index is 12.3. The van der Waals surface area contributed by atoms with Crippen LogP contribution >= 0.6 is 0 Å². The molecule has 0 spiro atoms. The summed E-state index contributed by atoms with van der Waals surface area (Å²) in [6.07, 6.45) is 7.02. The molecule has 1 aliphatic heterocycles. The van der Waals surface area contributed by atoms with Crippen LogP contribution in [-0.2, 0) is 4.79 Å². The third-order valence-electron chi connectivity index (χ3n) is 6.07. The molecule has 2 N–H and O–H groups in total. The minimum atomic E-state index is -0.152. The van der Waals surface area contributed by atoms with Crippen molar-refractivity contribution in [2.45, 2.75) is 12.8 Å². The van der Waals surface area contributed by atoms with Gasteiger partial charge in [-0.2, -0.15) is 0 Å². The van der Waals surface area contributed by atoms with Gasteiger partial charge in [0.2, 0.25) is 5.91 Å². The summed E-state index contributed by atoms with van der Waals surface area (Å²) in [4.78, 5) is 28.4. The van der Waals surface area contributed by atoms with E-state index in [4.69, 9.17) is 0 Å². The van der Waals surface area contributed by atoms with Crippen LogP contribution in [0.25, 0.3) is 0 Å². The molecule has 2 aliphatic carbocycles. The first kappa shape index (κ1) is 17.9. The highest BCUT2D eigenvalue weighted by molar-refractivity contribution is 5.84. The summed E-state index contributed by atoms with van der Waals surface area (Å²) in [6.45, 7) is 3.72. The summed E-state index contributed by atoms with van der Waals surface area (Å²) in [5.74, 6) is 1.81. The van der Waals surface area contributed by atoms with E-state index in [0.29, 0.717) is 30.8 Å². The average Bonchev–Trinajstić information content (AvgIpc) is 3.34. The molecule has 1 aromatic carbocycles. The van der Waals surface area contributed by atoms with Crippen LogP contribution in [0.15, 0.2) is 42.5 Å². The molecule has 2 fully saturated rings. The maximum absolute atomic E-state index is 12.3. The predicted octanol–water partition coefficient (Wildman–Crippen LogP) is 1.85. The number of nitrogens with one attached hydrogen (secondary N) is 2. The number of urea groups is 1. The second-order valence-electron chi connectivity index (χ2n) is 7.81. The highest BCUT2D eigenvalue weighted by Crippen LogP contribution is 2.42. The van der Waals surface area contributed by atoms with Gasteiger partial charge in [-0.15, -0.1) is 0 Å². The Bertz CT molecular complexity index is 697. The number of rotatable bonds is 5. The standard InChI is InChI=1S/C21H28N4O2/c26-20(22-14-18-13-16-6-7-17(18)12-16)15-23-21(27)25-10-8-24(9-11-25)19-4-2-1-3-5-19/h1-7,16-18H,8-15H2,(H,22,26)(H,23,27)/t16-,17+,18+/m1/s1. The number of benzene rings is 1. The van der Waals surface area contributed by atoms with Crippen molar-refractivity contribution >= 4 is 17.6 Å². The van der Waals surface area contributed by atoms with Crippen molar-refractivity contribution in [1.82, 2.24) is 15.5 Å². The summed E-state index contributed by atoms with van der Waals surface area (Å²) in [5.41, 5.74) is 1.19. The lowest BCUT2D eigenvalue weighted by Crippen LogP contribution is -2.53. The van der Waals surface area contributed by atoms with Gasteiger partial charge in [0.1, 0.15) is 0 Å². The number of carbonyl (C=O) groups excluding carboxylic acids is 2. The molecule has 1 saturated heterocycles. The Balaban J connectivity index is 1.14. The van der Waals surface area contributed by atoms with Crippen LogP contribution in [0.4, 0.5) is 10.5 Å². The van der Waals surface area contributed by atoms with Gasteiger partial charge in [-0.25, -0.2) is 4.79 Å². The van der Waals surface area contributed by atoms with E-state index >= 15 is 0 Å². The topological polar surface area (TPSA) is 64.7 Å². The van der Waals surface area contributed by atoms with Crippen molar-refractivity contribution in [3.63, 3.8) is 0 Å². The Morgan fingerprint density at radius 2 is 1.74 bits per heavy atom. The number of allylic oxidation sites excluding steroid dienone is 2. The molecule has 0 unspecified atom stereocenters. The normalized spacial score (nSPS) is 26.3. The Morgan fingerprint density at radius 1 is 0.963 bits per heavy atom. The quantitative estimate of drug-likeness (QED) is 0.780. The molecule has 144 valence electrons. The third kappa shape index (κ3) is 4.26. The first-order valence-electron chi connectivity index (χ1n) is 9.97. The smallest absolute Gasteiger partial charge is 0.317 e. The number of amides is 3. The molecule has 0 aromatic heterocycles. The number of piperazine rings is 1. The molecule has 6 heteroatoms. The van der Waals surface area contributed by atoms with Crippen LogP contribution < -0.4 is 15.5 Å². The van der Waals surface area contributed by atoms with Crippen LogP contribution in [0.2, 0.25) is 0 Å². The molecular weight excluding hydrogens is 340 g/mol. The number of para-hydroxylation sites is 1. The molecule has 27 heavy (non-hydrogen) atoms. The Morgan fingerprint density at radius 3 is 2.41 bits per heavy atom. The van der Waals surface area contributed by atoms with Gasteiger partial charge in [-0.1, -0.05) is 30.4 Å². The molecule has 1 aromatic rings. The fourth-order valence-corrected chi connectivity index (χ4v) is 4.51. The fourth-order valence-electron chi connectivity index (χ4n) is 4.51. The van der Waals surface area contributed by atoms with E-state index in [2.05, 4.69) is 39.8 Å². The Hall–Kier alpha value is -2.50. The largest absolute Gasteiger partial charge is 0.368 e. The second-order valence-corrected chi connectivity index (χ2v) is 7.81. The minimum Gasteiger partial charge on any atom is -0.368 e. The number of carbonyl (C=O) groups is 2. The monoisotopic (exact) mass is 368 g/mol. The molecule has 1 saturated carbocycles. The van der Waals surface area contributed by atoms with Crippen LogP contribution in [0.3, 0.4) is 0 Å². The molecule has 0 radical (unpaired) electrons. The van der Waals surface area contributed by atoms with Gasteiger partial charge in [0, 0.05) is 38.4 Å². The van der Waals surface area contributed by atoms with Crippen LogP contribution in [0.1, 0.15) is 12.8 Å². The Labute approximate surface area is 160 Å². The van der Waals surface area contributed by atoms with Crippen molar-refractivity contribution < 1.29 is 9.59 Å². The minimum absolute atomic E-state index is 0.0500. The number of anilines is 1. The van der Waals surface area contributed by atoms with Crippen molar-refractivity contribution in [2.24, 2.45) is 17.8 Å². The summed E-state index contributed by atoms with van der Waals surface area (Å²) in [6, 6.07) is 10.1. The summed E-state index contributed by atoms with van der Waals surface area (Å²) >= 11 is 0. The van der Waals surface area contributed by atoms with Crippen LogP contribution in [0, 0.1) is 17.8 Å². The fraction of sp³-hybridized carbons (Fsp3) is 0.524. The highest BCUT2D eigenvalue weighted by Gasteiger charge is 2.35. The predicted molar refractivity (Wildman–Crippen MR) is 105 cm³/mol. The Kier molecular flexibility index (Phi) is 5.32. The number of hydrogen-bond donors (Lipinski definition) is 2. The average molecular weight is 368 g/mol. The van der Waals surface area contributed by atoms with E-state index in [1.54, 1.807) is 4.90 Å². The zero-order valence-electron chi connectivity index (χ0n) is 15.6. The van der Waals surface area contributed by atoms with Crippen molar-refractivity contribution in [2.75, 3.05) is 44.2 Å². The number of nitrogens with zero attached hydrogens (tertiary/aromatic N) is 2. The van der Waals surface area contributed by atoms with E-state index in [1.807, 2.05) is 18.2 Å². The van der Waals surface area contributed by atoms with E-state index in [0.717, 1.165) is 19.6 Å². The lowest BCUT2D eigenvalue weighted by Gasteiger charge is -2.36. The lowest BCUT2D eigenvalue weighted by molar-refractivity contribution is -0.120.